The molecule has 1 aromatic carbocycles. The van der Waals surface area contributed by atoms with E-state index >= 15 is 0 Å². The van der Waals surface area contributed by atoms with Crippen molar-refractivity contribution in [3.63, 3.8) is 0 Å². The first-order valence-electron chi connectivity index (χ1n) is 6.63. The number of hydrogen-bond acceptors (Lipinski definition) is 2. The van der Waals surface area contributed by atoms with Gasteiger partial charge in [-0.05, 0) is 25.0 Å². The Kier molecular flexibility index (Phi) is 4.93. The van der Waals surface area contributed by atoms with Gasteiger partial charge in [0.05, 0.1) is 15.7 Å². The molecule has 0 aliphatic carbocycles. The Bertz CT molecular complexity index is 428. The van der Waals surface area contributed by atoms with Crippen LogP contribution < -0.4 is 10.2 Å². The quantitative estimate of drug-likeness (QED) is 0.904. The summed E-state index contributed by atoms with van der Waals surface area (Å²) >= 11 is 12.3. The second-order valence-corrected chi connectivity index (χ2v) is 6.14. The van der Waals surface area contributed by atoms with Crippen molar-refractivity contribution in [1.82, 2.24) is 5.32 Å². The standard InChI is InChI=1S/C14H19Cl2FN2/c1-9(2)18-11-4-3-5-19(8-11)14-12(15)6-10(17)7-13(14)16/h6-7,9,11,18H,3-5,8H2,1-2H3. The van der Waals surface area contributed by atoms with E-state index in [1.54, 1.807) is 0 Å². The van der Waals surface area contributed by atoms with Gasteiger partial charge in [0.25, 0.3) is 0 Å². The lowest BCUT2D eigenvalue weighted by molar-refractivity contribution is 0.395. The van der Waals surface area contributed by atoms with Gasteiger partial charge in [-0.2, -0.15) is 0 Å². The zero-order chi connectivity index (χ0) is 14.0. The van der Waals surface area contributed by atoms with Crippen molar-refractivity contribution in [2.45, 2.75) is 38.8 Å². The summed E-state index contributed by atoms with van der Waals surface area (Å²) in [7, 11) is 0. The first kappa shape index (κ1) is 14.9. The van der Waals surface area contributed by atoms with E-state index in [1.165, 1.54) is 12.1 Å². The lowest BCUT2D eigenvalue weighted by atomic mass is 10.0. The maximum absolute atomic E-state index is 13.2. The Labute approximate surface area is 123 Å². The van der Waals surface area contributed by atoms with E-state index in [1.807, 2.05) is 0 Å². The molecule has 106 valence electrons. The van der Waals surface area contributed by atoms with Crippen LogP contribution >= 0.6 is 23.2 Å². The normalized spacial score (nSPS) is 20.1. The second-order valence-electron chi connectivity index (χ2n) is 5.32. The predicted molar refractivity (Wildman–Crippen MR) is 79.9 cm³/mol. The zero-order valence-corrected chi connectivity index (χ0v) is 12.7. The summed E-state index contributed by atoms with van der Waals surface area (Å²) in [6.07, 6.45) is 2.22. The summed E-state index contributed by atoms with van der Waals surface area (Å²) in [6, 6.07) is 3.51. The van der Waals surface area contributed by atoms with E-state index in [2.05, 4.69) is 24.1 Å². The minimum Gasteiger partial charge on any atom is -0.368 e. The first-order chi connectivity index (χ1) is 8.97. The molecule has 0 saturated carbocycles. The average molecular weight is 305 g/mol. The molecule has 1 unspecified atom stereocenters. The molecule has 1 fully saturated rings. The van der Waals surface area contributed by atoms with Gasteiger partial charge in [0, 0.05) is 25.2 Å². The van der Waals surface area contributed by atoms with Crippen molar-refractivity contribution in [3.05, 3.63) is 28.0 Å². The highest BCUT2D eigenvalue weighted by Gasteiger charge is 2.24. The molecule has 2 nitrogen and oxygen atoms in total. The summed E-state index contributed by atoms with van der Waals surface area (Å²) in [5.41, 5.74) is 0.750. The molecule has 1 aliphatic heterocycles. The molecule has 5 heteroatoms. The van der Waals surface area contributed by atoms with Crippen LogP contribution in [0.15, 0.2) is 12.1 Å². The maximum atomic E-state index is 13.2. The average Bonchev–Trinajstić information content (AvgIpc) is 2.26. The lowest BCUT2D eigenvalue weighted by Crippen LogP contribution is -2.48. The van der Waals surface area contributed by atoms with Crippen LogP contribution in [0.2, 0.25) is 10.0 Å². The molecule has 0 radical (unpaired) electrons. The third-order valence-corrected chi connectivity index (χ3v) is 3.86. The number of hydrogen-bond donors (Lipinski definition) is 1. The minimum atomic E-state index is -0.396. The highest BCUT2D eigenvalue weighted by molar-refractivity contribution is 6.39. The number of rotatable bonds is 3. The topological polar surface area (TPSA) is 15.3 Å². The van der Waals surface area contributed by atoms with Gasteiger partial charge in [-0.25, -0.2) is 4.39 Å². The van der Waals surface area contributed by atoms with Crippen LogP contribution in [-0.2, 0) is 0 Å². The number of benzene rings is 1. The van der Waals surface area contributed by atoms with Gasteiger partial charge < -0.3 is 10.2 Å². The van der Waals surface area contributed by atoms with Crippen molar-refractivity contribution < 1.29 is 4.39 Å². The number of piperidine rings is 1. The minimum absolute atomic E-state index is 0.384. The van der Waals surface area contributed by atoms with Crippen molar-refractivity contribution in [2.75, 3.05) is 18.0 Å². The Morgan fingerprint density at radius 1 is 1.32 bits per heavy atom. The fourth-order valence-electron chi connectivity index (χ4n) is 2.62. The maximum Gasteiger partial charge on any atom is 0.126 e. The molecular weight excluding hydrogens is 286 g/mol. The van der Waals surface area contributed by atoms with Gasteiger partial charge in [-0.3, -0.25) is 0 Å². The predicted octanol–water partition coefficient (Wildman–Crippen LogP) is 4.10. The molecule has 0 bridgehead atoms. The Hall–Kier alpha value is -0.510. The van der Waals surface area contributed by atoms with Crippen LogP contribution in [0.3, 0.4) is 0 Å². The van der Waals surface area contributed by atoms with E-state index in [0.29, 0.717) is 22.1 Å². The SMILES string of the molecule is CC(C)NC1CCCN(c2c(Cl)cc(F)cc2Cl)C1. The Balaban J connectivity index is 2.17. The fraction of sp³-hybridized carbons (Fsp3) is 0.571. The molecular formula is C14H19Cl2FN2. The van der Waals surface area contributed by atoms with Crippen LogP contribution in [0.4, 0.5) is 10.1 Å². The third-order valence-electron chi connectivity index (χ3n) is 3.29. The smallest absolute Gasteiger partial charge is 0.126 e. The largest absolute Gasteiger partial charge is 0.368 e. The van der Waals surface area contributed by atoms with E-state index in [4.69, 9.17) is 23.2 Å². The number of nitrogens with one attached hydrogen (secondary N) is 1. The van der Waals surface area contributed by atoms with Gasteiger partial charge in [-0.1, -0.05) is 37.0 Å². The number of halogens is 3. The van der Waals surface area contributed by atoms with Gasteiger partial charge >= 0.3 is 0 Å². The van der Waals surface area contributed by atoms with Gasteiger partial charge in [0.2, 0.25) is 0 Å². The summed E-state index contributed by atoms with van der Waals surface area (Å²) in [4.78, 5) is 2.15. The summed E-state index contributed by atoms with van der Waals surface area (Å²) in [6.45, 7) is 6.03. The molecule has 1 atom stereocenters. The molecule has 0 amide bonds. The van der Waals surface area contributed by atoms with Crippen molar-refractivity contribution in [2.24, 2.45) is 0 Å². The molecule has 19 heavy (non-hydrogen) atoms. The van der Waals surface area contributed by atoms with Crippen LogP contribution in [0.1, 0.15) is 26.7 Å². The van der Waals surface area contributed by atoms with Gasteiger partial charge in [0.1, 0.15) is 5.82 Å². The molecule has 1 aromatic rings. The van der Waals surface area contributed by atoms with Gasteiger partial charge in [-0.15, -0.1) is 0 Å². The van der Waals surface area contributed by atoms with E-state index in [9.17, 15) is 4.39 Å². The molecule has 0 spiro atoms. The van der Waals surface area contributed by atoms with E-state index < -0.39 is 5.82 Å². The van der Waals surface area contributed by atoms with Crippen molar-refractivity contribution >= 4 is 28.9 Å². The Morgan fingerprint density at radius 3 is 2.53 bits per heavy atom. The molecule has 1 aliphatic rings. The Morgan fingerprint density at radius 2 is 1.95 bits per heavy atom. The summed E-state index contributed by atoms with van der Waals surface area (Å²) in [5, 5.41) is 4.30. The monoisotopic (exact) mass is 304 g/mol. The van der Waals surface area contributed by atoms with E-state index in [0.717, 1.165) is 31.6 Å². The highest BCUT2D eigenvalue weighted by atomic mass is 35.5. The number of anilines is 1. The molecule has 0 aromatic heterocycles. The third kappa shape index (κ3) is 3.74. The summed E-state index contributed by atoms with van der Waals surface area (Å²) < 4.78 is 13.2. The van der Waals surface area contributed by atoms with Gasteiger partial charge in [0.15, 0.2) is 0 Å². The first-order valence-corrected chi connectivity index (χ1v) is 7.38. The molecule has 2 rings (SSSR count). The summed E-state index contributed by atoms with van der Waals surface area (Å²) in [5.74, 6) is -0.396. The highest BCUT2D eigenvalue weighted by Crippen LogP contribution is 2.36. The zero-order valence-electron chi connectivity index (χ0n) is 11.2. The second kappa shape index (κ2) is 6.29. The lowest BCUT2D eigenvalue weighted by Gasteiger charge is -2.36. The molecule has 1 heterocycles. The number of nitrogens with zero attached hydrogens (tertiary/aromatic N) is 1. The van der Waals surface area contributed by atoms with Crippen LogP contribution in [0, 0.1) is 5.82 Å². The van der Waals surface area contributed by atoms with Crippen LogP contribution in [0.5, 0.6) is 0 Å². The molecule has 1 N–H and O–H groups in total. The van der Waals surface area contributed by atoms with E-state index in [-0.39, 0.29) is 0 Å². The fourth-order valence-corrected chi connectivity index (χ4v) is 3.32. The van der Waals surface area contributed by atoms with Crippen molar-refractivity contribution in [3.8, 4) is 0 Å². The van der Waals surface area contributed by atoms with Crippen LogP contribution in [-0.4, -0.2) is 25.2 Å². The molecule has 1 saturated heterocycles. The van der Waals surface area contributed by atoms with Crippen LogP contribution in [0.25, 0.3) is 0 Å². The van der Waals surface area contributed by atoms with Crippen molar-refractivity contribution in [1.29, 1.82) is 0 Å².